The molecular formula is C19H25N3O2. The molecule has 1 aromatic carbocycles. The lowest BCUT2D eigenvalue weighted by Crippen LogP contribution is -2.33. The monoisotopic (exact) mass is 327 g/mol. The van der Waals surface area contributed by atoms with E-state index in [1.807, 2.05) is 17.0 Å². The molecular weight excluding hydrogens is 302 g/mol. The van der Waals surface area contributed by atoms with Crippen LogP contribution < -0.4 is 11.1 Å². The Labute approximate surface area is 142 Å². The van der Waals surface area contributed by atoms with Crippen molar-refractivity contribution in [1.29, 1.82) is 0 Å². The van der Waals surface area contributed by atoms with E-state index < -0.39 is 0 Å². The number of anilines is 1. The van der Waals surface area contributed by atoms with Gasteiger partial charge in [-0.3, -0.25) is 9.59 Å². The Bertz CT molecular complexity index is 673. The number of likely N-dealkylation sites (tertiary alicyclic amines) is 1. The number of nitrogens with one attached hydrogen (secondary N) is 1. The van der Waals surface area contributed by atoms with Crippen molar-refractivity contribution in [3.8, 4) is 0 Å². The Morgan fingerprint density at radius 2 is 2.17 bits per heavy atom. The van der Waals surface area contributed by atoms with Crippen molar-refractivity contribution in [3.05, 3.63) is 29.3 Å². The van der Waals surface area contributed by atoms with Gasteiger partial charge in [0.05, 0.1) is 6.42 Å². The number of carbonyl (C=O) groups excluding carboxylic acids is 2. The van der Waals surface area contributed by atoms with Crippen LogP contribution in [0, 0.1) is 11.8 Å². The molecule has 24 heavy (non-hydrogen) atoms. The molecule has 0 spiro atoms. The zero-order valence-corrected chi connectivity index (χ0v) is 14.0. The molecule has 1 saturated heterocycles. The minimum absolute atomic E-state index is 0.0649. The molecule has 0 radical (unpaired) electrons. The van der Waals surface area contributed by atoms with Crippen molar-refractivity contribution < 1.29 is 9.59 Å². The lowest BCUT2D eigenvalue weighted by atomic mass is 9.98. The van der Waals surface area contributed by atoms with E-state index in [0.717, 1.165) is 43.6 Å². The molecule has 5 nitrogen and oxygen atoms in total. The summed E-state index contributed by atoms with van der Waals surface area (Å²) in [6.07, 6.45) is 5.11. The third-order valence-corrected chi connectivity index (χ3v) is 5.92. The topological polar surface area (TPSA) is 75.4 Å². The molecule has 1 saturated carbocycles. The Hall–Kier alpha value is -1.88. The van der Waals surface area contributed by atoms with Crippen LogP contribution in [0.15, 0.2) is 18.2 Å². The van der Waals surface area contributed by atoms with E-state index >= 15 is 0 Å². The Kier molecular flexibility index (Phi) is 4.04. The molecule has 0 bridgehead atoms. The molecule has 3 atom stereocenters. The van der Waals surface area contributed by atoms with Gasteiger partial charge < -0.3 is 16.0 Å². The summed E-state index contributed by atoms with van der Waals surface area (Å²) in [5.74, 6) is 1.49. The van der Waals surface area contributed by atoms with Crippen LogP contribution >= 0.6 is 0 Å². The van der Waals surface area contributed by atoms with E-state index in [0.29, 0.717) is 24.7 Å². The van der Waals surface area contributed by atoms with Gasteiger partial charge in [-0.05, 0) is 54.7 Å². The molecule has 4 rings (SSSR count). The standard InChI is InChI=1S/C19H25N3O2/c20-16-6-5-13-10-22(11-15(13)16)19(24)3-1-2-12-4-7-17-14(8-12)9-18(23)21-17/h4,7-8,13,15-16H,1-3,5-6,9-11,20H2,(H,21,23). The maximum atomic E-state index is 12.4. The van der Waals surface area contributed by atoms with Crippen molar-refractivity contribution >= 4 is 17.5 Å². The molecule has 2 heterocycles. The van der Waals surface area contributed by atoms with Crippen LogP contribution in [0.25, 0.3) is 0 Å². The van der Waals surface area contributed by atoms with Gasteiger partial charge in [-0.1, -0.05) is 12.1 Å². The van der Waals surface area contributed by atoms with Crippen LogP contribution in [0.1, 0.15) is 36.8 Å². The van der Waals surface area contributed by atoms with Gasteiger partial charge in [-0.25, -0.2) is 0 Å². The highest BCUT2D eigenvalue weighted by atomic mass is 16.2. The number of nitrogens with zero attached hydrogens (tertiary/aromatic N) is 1. The van der Waals surface area contributed by atoms with Gasteiger partial charge in [0.25, 0.3) is 0 Å². The van der Waals surface area contributed by atoms with Crippen molar-refractivity contribution in [3.63, 3.8) is 0 Å². The maximum Gasteiger partial charge on any atom is 0.228 e. The highest BCUT2D eigenvalue weighted by molar-refractivity contribution is 5.99. The normalized spacial score (nSPS) is 28.0. The second-order valence-corrected chi connectivity index (χ2v) is 7.53. The van der Waals surface area contributed by atoms with Crippen LogP contribution in [0.3, 0.4) is 0 Å². The predicted molar refractivity (Wildman–Crippen MR) is 92.5 cm³/mol. The first-order chi connectivity index (χ1) is 11.6. The first kappa shape index (κ1) is 15.6. The van der Waals surface area contributed by atoms with Gasteiger partial charge in [0.2, 0.25) is 11.8 Å². The van der Waals surface area contributed by atoms with E-state index in [-0.39, 0.29) is 17.9 Å². The number of rotatable bonds is 4. The van der Waals surface area contributed by atoms with Crippen molar-refractivity contribution in [2.75, 3.05) is 18.4 Å². The molecule has 1 aliphatic carbocycles. The van der Waals surface area contributed by atoms with E-state index in [1.54, 1.807) is 0 Å². The van der Waals surface area contributed by atoms with E-state index in [2.05, 4.69) is 11.4 Å². The lowest BCUT2D eigenvalue weighted by Gasteiger charge is -2.18. The van der Waals surface area contributed by atoms with Crippen molar-refractivity contribution in [2.24, 2.45) is 17.6 Å². The fraction of sp³-hybridized carbons (Fsp3) is 0.579. The van der Waals surface area contributed by atoms with Gasteiger partial charge in [-0.2, -0.15) is 0 Å². The van der Waals surface area contributed by atoms with E-state index in [4.69, 9.17) is 5.73 Å². The van der Waals surface area contributed by atoms with Crippen molar-refractivity contribution in [1.82, 2.24) is 4.90 Å². The first-order valence-electron chi connectivity index (χ1n) is 9.05. The van der Waals surface area contributed by atoms with Crippen LogP contribution in [-0.2, 0) is 22.4 Å². The number of benzene rings is 1. The minimum atomic E-state index is 0.0649. The summed E-state index contributed by atoms with van der Waals surface area (Å²) in [4.78, 5) is 25.9. The Morgan fingerprint density at radius 1 is 1.29 bits per heavy atom. The highest BCUT2D eigenvalue weighted by Crippen LogP contribution is 2.37. The summed E-state index contributed by atoms with van der Waals surface area (Å²) in [6, 6.07) is 6.40. The van der Waals surface area contributed by atoms with Gasteiger partial charge in [-0.15, -0.1) is 0 Å². The molecule has 0 aromatic heterocycles. The average Bonchev–Trinajstić information content (AvgIpc) is 3.22. The summed E-state index contributed by atoms with van der Waals surface area (Å²) in [7, 11) is 0. The number of hydrogen-bond acceptors (Lipinski definition) is 3. The van der Waals surface area contributed by atoms with Crippen LogP contribution in [-0.4, -0.2) is 35.8 Å². The number of fused-ring (bicyclic) bond motifs is 2. The molecule has 1 aromatic rings. The largest absolute Gasteiger partial charge is 0.342 e. The number of nitrogens with two attached hydrogens (primary N) is 1. The lowest BCUT2D eigenvalue weighted by molar-refractivity contribution is -0.130. The molecule has 128 valence electrons. The third kappa shape index (κ3) is 2.93. The Balaban J connectivity index is 1.27. The Morgan fingerprint density at radius 3 is 3.00 bits per heavy atom. The summed E-state index contributed by atoms with van der Waals surface area (Å²) >= 11 is 0. The fourth-order valence-electron chi connectivity index (χ4n) is 4.55. The zero-order valence-electron chi connectivity index (χ0n) is 14.0. The van der Waals surface area contributed by atoms with E-state index in [1.165, 1.54) is 12.0 Å². The minimum Gasteiger partial charge on any atom is -0.342 e. The number of aryl methyl sites for hydroxylation is 1. The molecule has 3 unspecified atom stereocenters. The molecule has 3 aliphatic rings. The molecule has 5 heteroatoms. The quantitative estimate of drug-likeness (QED) is 0.884. The maximum absolute atomic E-state index is 12.4. The summed E-state index contributed by atoms with van der Waals surface area (Å²) < 4.78 is 0. The molecule has 2 aliphatic heterocycles. The van der Waals surface area contributed by atoms with Gasteiger partial charge in [0, 0.05) is 31.2 Å². The first-order valence-corrected chi connectivity index (χ1v) is 9.05. The van der Waals surface area contributed by atoms with Crippen LogP contribution in [0.4, 0.5) is 5.69 Å². The third-order valence-electron chi connectivity index (χ3n) is 5.92. The van der Waals surface area contributed by atoms with Gasteiger partial charge in [0.15, 0.2) is 0 Å². The fourth-order valence-corrected chi connectivity index (χ4v) is 4.55. The van der Waals surface area contributed by atoms with Crippen LogP contribution in [0.5, 0.6) is 0 Å². The predicted octanol–water partition coefficient (Wildman–Crippen LogP) is 1.70. The molecule has 3 N–H and O–H groups in total. The number of amides is 2. The SMILES string of the molecule is NC1CCC2CN(C(=O)CCCc3ccc4c(c3)CC(=O)N4)CC12. The number of carbonyl (C=O) groups is 2. The number of hydrogen-bond donors (Lipinski definition) is 2. The highest BCUT2D eigenvalue weighted by Gasteiger charge is 2.42. The second kappa shape index (κ2) is 6.20. The van der Waals surface area contributed by atoms with E-state index in [9.17, 15) is 9.59 Å². The second-order valence-electron chi connectivity index (χ2n) is 7.53. The van der Waals surface area contributed by atoms with Crippen LogP contribution in [0.2, 0.25) is 0 Å². The average molecular weight is 327 g/mol. The van der Waals surface area contributed by atoms with Gasteiger partial charge >= 0.3 is 0 Å². The summed E-state index contributed by atoms with van der Waals surface area (Å²) in [5, 5.41) is 2.85. The van der Waals surface area contributed by atoms with Crippen molar-refractivity contribution in [2.45, 2.75) is 44.6 Å². The van der Waals surface area contributed by atoms with Gasteiger partial charge in [0.1, 0.15) is 0 Å². The summed E-state index contributed by atoms with van der Waals surface area (Å²) in [6.45, 7) is 1.76. The molecule has 2 fully saturated rings. The summed E-state index contributed by atoms with van der Waals surface area (Å²) in [5.41, 5.74) is 9.36. The zero-order chi connectivity index (χ0) is 16.7. The molecule has 2 amide bonds. The smallest absolute Gasteiger partial charge is 0.228 e.